The highest BCUT2D eigenvalue weighted by molar-refractivity contribution is 6.08. The molecular formula is C17H16F2N4O. The molecule has 1 aliphatic rings. The Balaban J connectivity index is 1.90. The summed E-state index contributed by atoms with van der Waals surface area (Å²) in [4.78, 5) is 12.5. The molecule has 0 saturated heterocycles. The number of nitrogens with one attached hydrogen (secondary N) is 2. The lowest BCUT2D eigenvalue weighted by Gasteiger charge is -2.19. The van der Waals surface area contributed by atoms with Gasteiger partial charge in [0.1, 0.15) is 17.1 Å². The molecule has 2 aromatic rings. The number of halogens is 2. The minimum Gasteiger partial charge on any atom is -0.340 e. The zero-order valence-corrected chi connectivity index (χ0v) is 13.0. The summed E-state index contributed by atoms with van der Waals surface area (Å²) in [5.74, 6) is -0.248. The molecule has 0 bridgehead atoms. The molecular weight excluding hydrogens is 314 g/mol. The highest BCUT2D eigenvalue weighted by Crippen LogP contribution is 2.30. The van der Waals surface area contributed by atoms with Crippen molar-refractivity contribution in [3.8, 4) is 0 Å². The van der Waals surface area contributed by atoms with Crippen LogP contribution in [-0.2, 0) is 6.42 Å². The molecule has 2 N–H and O–H groups in total. The predicted molar refractivity (Wildman–Crippen MR) is 89.0 cm³/mol. The molecule has 0 saturated carbocycles. The van der Waals surface area contributed by atoms with Crippen LogP contribution in [0.15, 0.2) is 48.8 Å². The van der Waals surface area contributed by atoms with Crippen LogP contribution >= 0.6 is 0 Å². The molecule has 0 aliphatic carbocycles. The van der Waals surface area contributed by atoms with Crippen LogP contribution in [0.3, 0.4) is 0 Å². The van der Waals surface area contributed by atoms with Gasteiger partial charge in [0, 0.05) is 11.4 Å². The van der Waals surface area contributed by atoms with E-state index in [2.05, 4.69) is 22.3 Å². The molecule has 0 unspecified atom stereocenters. The molecule has 0 atom stereocenters. The average molecular weight is 330 g/mol. The molecule has 5 nitrogen and oxygen atoms in total. The number of aryl methyl sites for hydroxylation is 1. The first-order valence-electron chi connectivity index (χ1n) is 7.44. The van der Waals surface area contributed by atoms with Crippen molar-refractivity contribution in [2.45, 2.75) is 19.8 Å². The lowest BCUT2D eigenvalue weighted by atomic mass is 10.1. The molecule has 3 rings (SSSR count). The molecule has 124 valence electrons. The zero-order chi connectivity index (χ0) is 17.3. The van der Waals surface area contributed by atoms with E-state index in [0.717, 1.165) is 16.7 Å². The molecule has 1 amide bonds. The Labute approximate surface area is 137 Å². The summed E-state index contributed by atoms with van der Waals surface area (Å²) < 4.78 is 27.3. The van der Waals surface area contributed by atoms with Crippen LogP contribution in [0.1, 0.15) is 22.8 Å². The van der Waals surface area contributed by atoms with Gasteiger partial charge in [-0.2, -0.15) is 5.10 Å². The summed E-state index contributed by atoms with van der Waals surface area (Å²) >= 11 is 0. The molecule has 0 spiro atoms. The first kappa shape index (κ1) is 15.9. The van der Waals surface area contributed by atoms with E-state index in [1.165, 1.54) is 12.3 Å². The second-order valence-electron chi connectivity index (χ2n) is 5.35. The number of rotatable bonds is 4. The number of nitrogens with zero attached hydrogens (tertiary/aromatic N) is 2. The van der Waals surface area contributed by atoms with Gasteiger partial charge in [-0.05, 0) is 30.2 Å². The predicted octanol–water partition coefficient (Wildman–Crippen LogP) is 3.74. The number of hydrogen-bond acceptors (Lipinski definition) is 3. The van der Waals surface area contributed by atoms with Gasteiger partial charge in [0.15, 0.2) is 0 Å². The fraction of sp³-hybridized carbons (Fsp3) is 0.176. The van der Waals surface area contributed by atoms with Crippen molar-refractivity contribution in [3.63, 3.8) is 0 Å². The third-order valence-corrected chi connectivity index (χ3v) is 3.68. The Morgan fingerprint density at radius 1 is 1.46 bits per heavy atom. The van der Waals surface area contributed by atoms with E-state index in [4.69, 9.17) is 0 Å². The van der Waals surface area contributed by atoms with E-state index in [1.54, 1.807) is 6.07 Å². The van der Waals surface area contributed by atoms with Gasteiger partial charge >= 0.3 is 0 Å². The number of amides is 1. The Kier molecular flexibility index (Phi) is 4.16. The van der Waals surface area contributed by atoms with Crippen LogP contribution in [0.4, 0.5) is 20.3 Å². The average Bonchev–Trinajstić information content (AvgIpc) is 2.97. The number of benzene rings is 1. The van der Waals surface area contributed by atoms with Crippen LogP contribution in [0.2, 0.25) is 0 Å². The summed E-state index contributed by atoms with van der Waals surface area (Å²) in [6.07, 6.45) is 0.587. The quantitative estimate of drug-likeness (QED) is 0.898. The van der Waals surface area contributed by atoms with Crippen LogP contribution < -0.4 is 10.6 Å². The van der Waals surface area contributed by atoms with Gasteiger partial charge in [0.2, 0.25) is 0 Å². The van der Waals surface area contributed by atoms with Crippen molar-refractivity contribution in [2.24, 2.45) is 0 Å². The van der Waals surface area contributed by atoms with Crippen molar-refractivity contribution in [3.05, 3.63) is 59.9 Å². The normalized spacial score (nSPS) is 13.3. The van der Waals surface area contributed by atoms with Crippen LogP contribution in [0.25, 0.3) is 5.70 Å². The zero-order valence-electron chi connectivity index (χ0n) is 13.0. The number of allylic oxidation sites excluding steroid dienone is 2. The summed E-state index contributed by atoms with van der Waals surface area (Å²) in [6.45, 7) is 5.66. The van der Waals surface area contributed by atoms with Crippen molar-refractivity contribution in [1.82, 2.24) is 9.78 Å². The molecule has 2 heterocycles. The molecule has 24 heavy (non-hydrogen) atoms. The Morgan fingerprint density at radius 3 is 2.96 bits per heavy atom. The summed E-state index contributed by atoms with van der Waals surface area (Å²) in [7, 11) is 0. The second kappa shape index (κ2) is 6.27. The first-order valence-corrected chi connectivity index (χ1v) is 7.44. The monoisotopic (exact) mass is 330 g/mol. The van der Waals surface area contributed by atoms with Crippen molar-refractivity contribution >= 4 is 23.1 Å². The fourth-order valence-electron chi connectivity index (χ4n) is 2.48. The van der Waals surface area contributed by atoms with Crippen molar-refractivity contribution in [1.29, 1.82) is 0 Å². The maximum Gasteiger partial charge on any atom is 0.280 e. The molecule has 7 heteroatoms. The lowest BCUT2D eigenvalue weighted by molar-refractivity contribution is 0.102. The van der Waals surface area contributed by atoms with Crippen LogP contribution in [-0.4, -0.2) is 22.1 Å². The number of hydrogen-bond donors (Lipinski definition) is 2. The first-order chi connectivity index (χ1) is 11.5. The number of fused-ring (bicyclic) bond motifs is 1. The van der Waals surface area contributed by atoms with Crippen molar-refractivity contribution in [2.75, 3.05) is 10.6 Å². The minimum absolute atomic E-state index is 0.171. The molecule has 0 fully saturated rings. The highest BCUT2D eigenvalue weighted by Gasteiger charge is 2.27. The Hall–Kier alpha value is -2.96. The third kappa shape index (κ3) is 2.92. The van der Waals surface area contributed by atoms with Crippen LogP contribution in [0.5, 0.6) is 0 Å². The van der Waals surface area contributed by atoms with Gasteiger partial charge in [0.05, 0.1) is 6.20 Å². The molecule has 1 aliphatic heterocycles. The number of carbonyl (C=O) groups excluding carboxylic acids is 1. The largest absolute Gasteiger partial charge is 0.340 e. The lowest BCUT2D eigenvalue weighted by Crippen LogP contribution is -2.20. The van der Waals surface area contributed by atoms with Gasteiger partial charge in [-0.25, -0.2) is 13.5 Å². The number of aromatic nitrogens is 2. The van der Waals surface area contributed by atoms with Gasteiger partial charge in [0.25, 0.3) is 12.3 Å². The number of carbonyl (C=O) groups is 1. The summed E-state index contributed by atoms with van der Waals surface area (Å²) in [5, 5.41) is 9.47. The fourth-order valence-corrected chi connectivity index (χ4v) is 2.48. The minimum atomic E-state index is -2.72. The topological polar surface area (TPSA) is 59.0 Å². The van der Waals surface area contributed by atoms with Crippen molar-refractivity contribution < 1.29 is 13.6 Å². The SMILES string of the molecule is C=C1C=C(C(F)F)n2ncc(C(=O)Nc3cccc(CC)c3)c2N1. The highest BCUT2D eigenvalue weighted by atomic mass is 19.3. The van der Waals surface area contributed by atoms with E-state index in [-0.39, 0.29) is 22.8 Å². The maximum atomic E-state index is 13.1. The van der Waals surface area contributed by atoms with E-state index >= 15 is 0 Å². The summed E-state index contributed by atoms with van der Waals surface area (Å²) in [6, 6.07) is 7.44. The van der Waals surface area contributed by atoms with Crippen LogP contribution in [0, 0.1) is 0 Å². The second-order valence-corrected chi connectivity index (χ2v) is 5.35. The number of anilines is 2. The Morgan fingerprint density at radius 2 is 2.25 bits per heavy atom. The Bertz CT molecular complexity index is 839. The van der Waals surface area contributed by atoms with E-state index in [1.807, 2.05) is 25.1 Å². The maximum absolute atomic E-state index is 13.1. The number of alkyl halides is 2. The van der Waals surface area contributed by atoms with E-state index in [0.29, 0.717) is 5.69 Å². The molecule has 1 aromatic carbocycles. The van der Waals surface area contributed by atoms with Gasteiger partial charge in [-0.15, -0.1) is 0 Å². The molecule has 0 radical (unpaired) electrons. The van der Waals surface area contributed by atoms with E-state index in [9.17, 15) is 13.6 Å². The molecule has 1 aromatic heterocycles. The smallest absolute Gasteiger partial charge is 0.280 e. The van der Waals surface area contributed by atoms with Gasteiger partial charge < -0.3 is 10.6 Å². The van der Waals surface area contributed by atoms with Gasteiger partial charge in [-0.1, -0.05) is 25.6 Å². The van der Waals surface area contributed by atoms with E-state index < -0.39 is 12.3 Å². The standard InChI is InChI=1S/C17H16F2N4O/c1-3-11-5-4-6-12(8-11)22-17(24)13-9-20-23-14(15(18)19)7-10(2)21-16(13)23/h4-9,15,21H,2-3H2,1H3,(H,22,24). The third-order valence-electron chi connectivity index (χ3n) is 3.68. The summed E-state index contributed by atoms with van der Waals surface area (Å²) in [5.41, 5.74) is 1.85. The van der Waals surface area contributed by atoms with Gasteiger partial charge in [-0.3, -0.25) is 4.79 Å².